The highest BCUT2D eigenvalue weighted by molar-refractivity contribution is 8.00. The zero-order chi connectivity index (χ0) is 20.6. The Balaban J connectivity index is 1.61. The molecule has 0 aliphatic heterocycles. The summed E-state index contributed by atoms with van der Waals surface area (Å²) < 4.78 is 10.9. The molecule has 0 saturated heterocycles. The van der Waals surface area contributed by atoms with E-state index >= 15 is 0 Å². The van der Waals surface area contributed by atoms with Crippen LogP contribution in [0.4, 0.5) is 0 Å². The molecule has 0 amide bonds. The summed E-state index contributed by atoms with van der Waals surface area (Å²) in [5.41, 5.74) is 6.19. The zero-order valence-corrected chi connectivity index (χ0v) is 17.9. The van der Waals surface area contributed by atoms with Crippen molar-refractivity contribution in [2.75, 3.05) is 12.4 Å². The van der Waals surface area contributed by atoms with Crippen LogP contribution in [-0.2, 0) is 16.1 Å². The molecule has 0 unspecified atom stereocenters. The van der Waals surface area contributed by atoms with E-state index in [2.05, 4.69) is 56.3 Å². The first-order valence-electron chi connectivity index (χ1n) is 9.73. The van der Waals surface area contributed by atoms with E-state index in [4.69, 9.17) is 9.47 Å². The van der Waals surface area contributed by atoms with Gasteiger partial charge in [0.05, 0.1) is 12.4 Å². The topological polar surface area (TPSA) is 35.5 Å². The van der Waals surface area contributed by atoms with Crippen LogP contribution in [0.5, 0.6) is 5.75 Å². The highest BCUT2D eigenvalue weighted by Gasteiger charge is 2.07. The fourth-order valence-electron chi connectivity index (χ4n) is 3.23. The number of ether oxygens (including phenoxy) is 2. The second-order valence-electron chi connectivity index (χ2n) is 6.82. The van der Waals surface area contributed by atoms with E-state index in [1.165, 1.54) is 34.0 Å². The molecule has 150 valence electrons. The lowest BCUT2D eigenvalue weighted by molar-refractivity contribution is -0.139. The first kappa shape index (κ1) is 21.0. The van der Waals surface area contributed by atoms with Crippen molar-refractivity contribution < 1.29 is 14.3 Å². The Morgan fingerprint density at radius 2 is 1.62 bits per heavy atom. The highest BCUT2D eigenvalue weighted by Crippen LogP contribution is 2.28. The number of hydrogen-bond donors (Lipinski definition) is 0. The second kappa shape index (κ2) is 10.2. The van der Waals surface area contributed by atoms with Crippen LogP contribution in [-0.4, -0.2) is 18.3 Å². The van der Waals surface area contributed by atoms with Gasteiger partial charge in [0.25, 0.3) is 0 Å². The Hall–Kier alpha value is -2.72. The summed E-state index contributed by atoms with van der Waals surface area (Å²) in [6.45, 7) is 7.03. The van der Waals surface area contributed by atoms with Crippen molar-refractivity contribution in [3.05, 3.63) is 83.4 Å². The minimum atomic E-state index is -0.193. The molecule has 0 aromatic heterocycles. The van der Waals surface area contributed by atoms with Gasteiger partial charge in [-0.15, -0.1) is 11.8 Å². The number of aryl methyl sites for hydroxylation is 2. The molecule has 29 heavy (non-hydrogen) atoms. The third-order valence-electron chi connectivity index (χ3n) is 4.59. The maximum Gasteiger partial charge on any atom is 0.316 e. The molecule has 0 aliphatic rings. The minimum absolute atomic E-state index is 0.193. The van der Waals surface area contributed by atoms with E-state index in [9.17, 15) is 4.79 Å². The van der Waals surface area contributed by atoms with Crippen molar-refractivity contribution in [3.63, 3.8) is 0 Å². The summed E-state index contributed by atoms with van der Waals surface area (Å²) >= 11 is 1.46. The largest absolute Gasteiger partial charge is 0.489 e. The van der Waals surface area contributed by atoms with Gasteiger partial charge in [0.1, 0.15) is 12.4 Å². The van der Waals surface area contributed by atoms with Crippen molar-refractivity contribution in [1.82, 2.24) is 0 Å². The molecule has 3 nitrogen and oxygen atoms in total. The number of rotatable bonds is 8. The standard InChI is InChI=1S/C25H26O3S/c1-4-27-24(26)17-29-23-13-11-22(12-14-23)28-16-20-9-6-10-21(15-20)25-18(2)7-5-8-19(25)3/h5-15H,4,16-17H2,1-3H3. The molecule has 0 spiro atoms. The Morgan fingerprint density at radius 3 is 2.31 bits per heavy atom. The van der Waals surface area contributed by atoms with E-state index in [1.54, 1.807) is 0 Å². The summed E-state index contributed by atoms with van der Waals surface area (Å²) in [7, 11) is 0. The fraction of sp³-hybridized carbons (Fsp3) is 0.240. The lowest BCUT2D eigenvalue weighted by Gasteiger charge is -2.12. The van der Waals surface area contributed by atoms with Crippen molar-refractivity contribution in [2.24, 2.45) is 0 Å². The monoisotopic (exact) mass is 406 g/mol. The number of carbonyl (C=O) groups is 1. The van der Waals surface area contributed by atoms with Crippen LogP contribution in [0.25, 0.3) is 11.1 Å². The molecule has 4 heteroatoms. The van der Waals surface area contributed by atoms with Gasteiger partial charge in [-0.25, -0.2) is 0 Å². The average molecular weight is 407 g/mol. The lowest BCUT2D eigenvalue weighted by Crippen LogP contribution is -2.06. The van der Waals surface area contributed by atoms with Gasteiger partial charge >= 0.3 is 5.97 Å². The predicted molar refractivity (Wildman–Crippen MR) is 119 cm³/mol. The van der Waals surface area contributed by atoms with E-state index < -0.39 is 0 Å². The smallest absolute Gasteiger partial charge is 0.316 e. The summed E-state index contributed by atoms with van der Waals surface area (Å²) in [5.74, 6) is 0.934. The van der Waals surface area contributed by atoms with E-state index in [-0.39, 0.29) is 5.97 Å². The van der Waals surface area contributed by atoms with Crippen molar-refractivity contribution in [2.45, 2.75) is 32.3 Å². The summed E-state index contributed by atoms with van der Waals surface area (Å²) in [4.78, 5) is 12.5. The quantitative estimate of drug-likeness (QED) is 0.329. The van der Waals surface area contributed by atoms with Gasteiger partial charge < -0.3 is 9.47 Å². The number of carbonyl (C=O) groups excluding carboxylic acids is 1. The maximum absolute atomic E-state index is 11.4. The van der Waals surface area contributed by atoms with Gasteiger partial charge in [0.2, 0.25) is 0 Å². The zero-order valence-electron chi connectivity index (χ0n) is 17.1. The molecule has 0 fully saturated rings. The van der Waals surface area contributed by atoms with E-state index in [0.29, 0.717) is 19.0 Å². The predicted octanol–water partition coefficient (Wildman–Crippen LogP) is 6.20. The summed E-state index contributed by atoms with van der Waals surface area (Å²) in [5, 5.41) is 0. The molecule has 0 heterocycles. The van der Waals surface area contributed by atoms with Crippen LogP contribution in [0.3, 0.4) is 0 Å². The third-order valence-corrected chi connectivity index (χ3v) is 5.57. The molecule has 3 rings (SSSR count). The van der Waals surface area contributed by atoms with Crippen LogP contribution in [0, 0.1) is 13.8 Å². The molecule has 3 aromatic carbocycles. The number of thioether (sulfide) groups is 1. The molecule has 0 atom stereocenters. The van der Waals surface area contributed by atoms with Gasteiger partial charge in [0, 0.05) is 4.90 Å². The molecule has 0 N–H and O–H groups in total. The Morgan fingerprint density at radius 1 is 0.931 bits per heavy atom. The molecule has 3 aromatic rings. The minimum Gasteiger partial charge on any atom is -0.489 e. The SMILES string of the molecule is CCOC(=O)CSc1ccc(OCc2cccc(-c3c(C)cccc3C)c2)cc1. The first-order valence-corrected chi connectivity index (χ1v) is 10.7. The second-order valence-corrected chi connectivity index (χ2v) is 7.87. The van der Waals surface area contributed by atoms with Crippen LogP contribution in [0.1, 0.15) is 23.6 Å². The van der Waals surface area contributed by atoms with Crippen molar-refractivity contribution in [1.29, 1.82) is 0 Å². The molecular formula is C25H26O3S. The van der Waals surface area contributed by atoms with Crippen LogP contribution in [0.15, 0.2) is 71.6 Å². The number of esters is 1. The summed E-state index contributed by atoms with van der Waals surface area (Å²) in [6, 6.07) is 22.7. The first-order chi connectivity index (χ1) is 14.1. The van der Waals surface area contributed by atoms with Gasteiger partial charge in [-0.3, -0.25) is 4.79 Å². The average Bonchev–Trinajstić information content (AvgIpc) is 2.72. The van der Waals surface area contributed by atoms with Crippen molar-refractivity contribution in [3.8, 4) is 16.9 Å². The molecular weight excluding hydrogens is 380 g/mol. The number of benzene rings is 3. The third kappa shape index (κ3) is 5.88. The Kier molecular flexibility index (Phi) is 7.36. The van der Waals surface area contributed by atoms with Crippen LogP contribution >= 0.6 is 11.8 Å². The van der Waals surface area contributed by atoms with Gasteiger partial charge in [-0.2, -0.15) is 0 Å². The fourth-order valence-corrected chi connectivity index (χ4v) is 3.93. The number of hydrogen-bond acceptors (Lipinski definition) is 4. The van der Waals surface area contributed by atoms with E-state index in [0.717, 1.165) is 16.2 Å². The van der Waals surface area contributed by atoms with Crippen LogP contribution in [0.2, 0.25) is 0 Å². The lowest BCUT2D eigenvalue weighted by atomic mass is 9.95. The van der Waals surface area contributed by atoms with Crippen LogP contribution < -0.4 is 4.74 Å². The Labute approximate surface area is 177 Å². The van der Waals surface area contributed by atoms with Crippen molar-refractivity contribution >= 4 is 17.7 Å². The summed E-state index contributed by atoms with van der Waals surface area (Å²) in [6.07, 6.45) is 0. The van der Waals surface area contributed by atoms with Gasteiger partial charge in [-0.1, -0.05) is 36.4 Å². The maximum atomic E-state index is 11.4. The van der Waals surface area contributed by atoms with Gasteiger partial charge in [0.15, 0.2) is 0 Å². The molecule has 0 aliphatic carbocycles. The Bertz CT molecular complexity index is 944. The van der Waals surface area contributed by atoms with Gasteiger partial charge in [-0.05, 0) is 78.9 Å². The normalized spacial score (nSPS) is 10.6. The molecule has 0 saturated carbocycles. The molecule has 0 radical (unpaired) electrons. The molecule has 0 bridgehead atoms. The van der Waals surface area contributed by atoms with E-state index in [1.807, 2.05) is 31.2 Å². The highest BCUT2D eigenvalue weighted by atomic mass is 32.2.